The summed E-state index contributed by atoms with van der Waals surface area (Å²) in [5.74, 6) is 2.05. The van der Waals surface area contributed by atoms with Crippen LogP contribution in [0.5, 0.6) is 23.0 Å². The van der Waals surface area contributed by atoms with Gasteiger partial charge in [0.05, 0.1) is 10.4 Å². The van der Waals surface area contributed by atoms with Crippen molar-refractivity contribution < 1.29 is 27.4 Å². The zero-order valence-electron chi connectivity index (χ0n) is 20.5. The first-order valence-corrected chi connectivity index (χ1v) is 13.8. The van der Waals surface area contributed by atoms with Gasteiger partial charge in [0.25, 0.3) is 5.56 Å². The maximum atomic E-state index is 13.9. The van der Waals surface area contributed by atoms with Crippen LogP contribution in [0.2, 0.25) is 0 Å². The van der Waals surface area contributed by atoms with Gasteiger partial charge in [-0.3, -0.25) is 4.79 Å². The topological polar surface area (TPSA) is 107 Å². The second-order valence-corrected chi connectivity index (χ2v) is 11.0. The molecule has 0 fully saturated rings. The summed E-state index contributed by atoms with van der Waals surface area (Å²) in [6.45, 7) is 1.71. The van der Waals surface area contributed by atoms with Crippen LogP contribution < -0.4 is 24.5 Å². The molecule has 0 saturated heterocycles. The zero-order chi connectivity index (χ0) is 26.1. The Bertz CT molecular complexity index is 1650. The molecule has 0 aliphatic carbocycles. The Morgan fingerprint density at radius 3 is 2.16 bits per heavy atom. The first kappa shape index (κ1) is 24.3. The number of nitrogens with zero attached hydrogens (tertiary/aromatic N) is 1. The Morgan fingerprint density at radius 1 is 0.763 bits per heavy atom. The number of ether oxygens (including phenoxy) is 4. The first-order chi connectivity index (χ1) is 18.5. The molecular weight excluding hydrogens is 508 g/mol. The molecule has 10 heteroatoms. The van der Waals surface area contributed by atoms with E-state index in [9.17, 15) is 13.2 Å². The molecule has 1 N–H and O–H groups in total. The number of aromatic nitrogens is 1. The number of pyridine rings is 1. The summed E-state index contributed by atoms with van der Waals surface area (Å²) in [6.07, 6.45) is 0.481. The molecule has 1 aromatic heterocycles. The summed E-state index contributed by atoms with van der Waals surface area (Å²) in [5, 5.41) is 0.726. The molecule has 9 nitrogen and oxygen atoms in total. The van der Waals surface area contributed by atoms with E-state index >= 15 is 0 Å². The van der Waals surface area contributed by atoms with Crippen molar-refractivity contribution >= 4 is 20.9 Å². The molecule has 3 aromatic carbocycles. The second kappa shape index (κ2) is 10.0. The minimum atomic E-state index is -3.99. The van der Waals surface area contributed by atoms with Crippen molar-refractivity contribution in [3.63, 3.8) is 0 Å². The van der Waals surface area contributed by atoms with Crippen LogP contribution in [-0.4, -0.2) is 50.7 Å². The molecule has 0 amide bonds. The number of benzene rings is 3. The summed E-state index contributed by atoms with van der Waals surface area (Å²) in [4.78, 5) is 16.0. The average molecular weight is 535 g/mol. The quantitative estimate of drug-likeness (QED) is 0.387. The smallest absolute Gasteiger partial charge is 0.252 e. The predicted molar refractivity (Wildman–Crippen MR) is 141 cm³/mol. The lowest BCUT2D eigenvalue weighted by Crippen LogP contribution is -2.34. The summed E-state index contributed by atoms with van der Waals surface area (Å²) >= 11 is 0. The Morgan fingerprint density at radius 2 is 1.42 bits per heavy atom. The fourth-order valence-corrected chi connectivity index (χ4v) is 6.05. The average Bonchev–Trinajstić information content (AvgIpc) is 2.94. The van der Waals surface area contributed by atoms with Gasteiger partial charge in [0.15, 0.2) is 23.0 Å². The van der Waals surface area contributed by atoms with E-state index in [0.717, 1.165) is 10.9 Å². The van der Waals surface area contributed by atoms with Crippen LogP contribution in [0.4, 0.5) is 0 Å². The maximum absolute atomic E-state index is 13.9. The third-order valence-corrected chi connectivity index (χ3v) is 8.42. The van der Waals surface area contributed by atoms with Crippen LogP contribution >= 0.6 is 0 Å². The van der Waals surface area contributed by atoms with E-state index in [2.05, 4.69) is 4.98 Å². The van der Waals surface area contributed by atoms with Gasteiger partial charge in [-0.25, -0.2) is 8.42 Å². The monoisotopic (exact) mass is 534 g/mol. The largest absolute Gasteiger partial charge is 0.486 e. The van der Waals surface area contributed by atoms with E-state index in [-0.39, 0.29) is 23.5 Å². The molecule has 0 spiro atoms. The number of fused-ring (bicyclic) bond motifs is 3. The highest BCUT2D eigenvalue weighted by atomic mass is 32.2. The van der Waals surface area contributed by atoms with Crippen LogP contribution in [0.15, 0.2) is 76.4 Å². The van der Waals surface area contributed by atoms with Crippen LogP contribution in [0.25, 0.3) is 10.9 Å². The van der Waals surface area contributed by atoms with Gasteiger partial charge in [-0.1, -0.05) is 30.3 Å². The van der Waals surface area contributed by atoms with Gasteiger partial charge in [-0.05, 0) is 36.2 Å². The van der Waals surface area contributed by atoms with E-state index in [1.165, 1.54) is 16.4 Å². The van der Waals surface area contributed by atoms with Crippen LogP contribution in [-0.2, 0) is 23.0 Å². The van der Waals surface area contributed by atoms with Gasteiger partial charge >= 0.3 is 0 Å². The lowest BCUT2D eigenvalue weighted by molar-refractivity contribution is 0.171. The van der Waals surface area contributed by atoms with Crippen molar-refractivity contribution in [2.45, 2.75) is 17.9 Å². The molecule has 0 bridgehead atoms. The summed E-state index contributed by atoms with van der Waals surface area (Å²) < 4.78 is 51.6. The molecular formula is C28H26N2O7S. The molecule has 4 aromatic rings. The zero-order valence-corrected chi connectivity index (χ0v) is 21.3. The standard InChI is InChI=1S/C28H26N2O7S/c31-28-21(14-20-15-25-27(17-23(20)29-28)37-13-12-35-25)18-30(9-8-19-4-2-1-3-5-19)38(32,33)22-6-7-24-26(16-22)36-11-10-34-24/h1-7,14-17H,8-13,18H2,(H,29,31). The number of hydrogen-bond acceptors (Lipinski definition) is 7. The Hall–Kier alpha value is -4.02. The Labute approximate surface area is 219 Å². The van der Waals surface area contributed by atoms with Gasteiger partial charge in [-0.15, -0.1) is 0 Å². The third-order valence-electron chi connectivity index (χ3n) is 6.57. The van der Waals surface area contributed by atoms with E-state index in [1.807, 2.05) is 30.3 Å². The number of nitrogens with one attached hydrogen (secondary N) is 1. The maximum Gasteiger partial charge on any atom is 0.252 e. The first-order valence-electron chi connectivity index (χ1n) is 12.4. The van der Waals surface area contributed by atoms with Gasteiger partial charge < -0.3 is 23.9 Å². The predicted octanol–water partition coefficient (Wildman–Crippen LogP) is 3.50. The van der Waals surface area contributed by atoms with E-state index in [1.54, 1.807) is 24.3 Å². The van der Waals surface area contributed by atoms with Crippen molar-refractivity contribution in [3.8, 4) is 23.0 Å². The van der Waals surface area contributed by atoms with Gasteiger partial charge in [0.2, 0.25) is 10.0 Å². The van der Waals surface area contributed by atoms with Crippen molar-refractivity contribution in [1.29, 1.82) is 0 Å². The van der Waals surface area contributed by atoms with Gasteiger partial charge in [-0.2, -0.15) is 4.31 Å². The van der Waals surface area contributed by atoms with Crippen LogP contribution in [0, 0.1) is 0 Å². The van der Waals surface area contributed by atoms with E-state index < -0.39 is 10.0 Å². The second-order valence-electron chi connectivity index (χ2n) is 9.09. The normalized spacial score (nSPS) is 14.6. The highest BCUT2D eigenvalue weighted by molar-refractivity contribution is 7.89. The van der Waals surface area contributed by atoms with Gasteiger partial charge in [0.1, 0.15) is 26.4 Å². The summed E-state index contributed by atoms with van der Waals surface area (Å²) in [5.41, 5.74) is 1.54. The SMILES string of the molecule is O=c1[nH]c2cc3c(cc2cc1CN(CCc1ccccc1)S(=O)(=O)c1ccc2c(c1)OCCO2)OCCO3. The molecule has 3 heterocycles. The molecule has 2 aliphatic heterocycles. The van der Waals surface area contributed by atoms with Crippen molar-refractivity contribution in [2.24, 2.45) is 0 Å². The number of aromatic amines is 1. The van der Waals surface area contributed by atoms with E-state index in [0.29, 0.717) is 66.9 Å². The minimum absolute atomic E-state index is 0.0756. The molecule has 0 saturated carbocycles. The fourth-order valence-electron chi connectivity index (χ4n) is 4.61. The Balaban J connectivity index is 1.36. The molecule has 38 heavy (non-hydrogen) atoms. The summed E-state index contributed by atoms with van der Waals surface area (Å²) in [6, 6.07) is 19.5. The number of rotatable bonds is 7. The van der Waals surface area contributed by atoms with Crippen molar-refractivity contribution in [2.75, 3.05) is 33.0 Å². The van der Waals surface area contributed by atoms with Crippen molar-refractivity contribution in [3.05, 3.63) is 88.2 Å². The lowest BCUT2D eigenvalue weighted by atomic mass is 10.1. The van der Waals surface area contributed by atoms with Crippen LogP contribution in [0.3, 0.4) is 0 Å². The molecule has 196 valence electrons. The number of H-pyrrole nitrogens is 1. The number of sulfonamides is 1. The van der Waals surface area contributed by atoms with E-state index in [4.69, 9.17) is 18.9 Å². The molecule has 0 radical (unpaired) electrons. The number of hydrogen-bond donors (Lipinski definition) is 1. The molecule has 0 atom stereocenters. The molecule has 0 unspecified atom stereocenters. The summed E-state index contributed by atoms with van der Waals surface area (Å²) in [7, 11) is -3.99. The third kappa shape index (κ3) is 4.80. The van der Waals surface area contributed by atoms with Crippen LogP contribution in [0.1, 0.15) is 11.1 Å². The fraction of sp³-hybridized carbons (Fsp3) is 0.250. The molecule has 2 aliphatic rings. The lowest BCUT2D eigenvalue weighted by Gasteiger charge is -2.24. The van der Waals surface area contributed by atoms with Gasteiger partial charge in [0, 0.05) is 36.2 Å². The highest BCUT2D eigenvalue weighted by Gasteiger charge is 2.28. The van der Waals surface area contributed by atoms with Crippen molar-refractivity contribution in [1.82, 2.24) is 9.29 Å². The Kier molecular flexibility index (Phi) is 6.42. The highest BCUT2D eigenvalue weighted by Crippen LogP contribution is 2.35. The minimum Gasteiger partial charge on any atom is -0.486 e. The molecule has 6 rings (SSSR count).